The normalized spacial score (nSPS) is 12.6. The predicted molar refractivity (Wildman–Crippen MR) is 62.4 cm³/mol. The Morgan fingerprint density at radius 2 is 2.35 bits per heavy atom. The van der Waals surface area contributed by atoms with Crippen molar-refractivity contribution in [2.75, 3.05) is 0 Å². The van der Waals surface area contributed by atoms with Gasteiger partial charge in [0.25, 0.3) is 0 Å². The van der Waals surface area contributed by atoms with Crippen LogP contribution in [-0.2, 0) is 13.6 Å². The summed E-state index contributed by atoms with van der Waals surface area (Å²) in [5.41, 5.74) is 6.61. The van der Waals surface area contributed by atoms with Crippen LogP contribution in [0.25, 0.3) is 0 Å². The van der Waals surface area contributed by atoms with Crippen LogP contribution in [-0.4, -0.2) is 25.1 Å². The largest absolute Gasteiger partial charge is 0.329 e. The maximum atomic E-state index is 12.1. The van der Waals surface area contributed by atoms with E-state index in [1.807, 2.05) is 6.92 Å². The Balaban J connectivity index is 2.26. The van der Waals surface area contributed by atoms with Gasteiger partial charge in [-0.25, -0.2) is 4.98 Å². The van der Waals surface area contributed by atoms with Gasteiger partial charge in [-0.1, -0.05) is 0 Å². The summed E-state index contributed by atoms with van der Waals surface area (Å²) in [4.78, 5) is 16.2. The molecule has 1 unspecified atom stereocenters. The second kappa shape index (κ2) is 4.50. The lowest BCUT2D eigenvalue weighted by atomic mass is 10.1. The summed E-state index contributed by atoms with van der Waals surface area (Å²) < 4.78 is 3.40. The van der Waals surface area contributed by atoms with Gasteiger partial charge in [0, 0.05) is 37.7 Å². The van der Waals surface area contributed by atoms with Crippen LogP contribution in [0.4, 0.5) is 0 Å². The number of carbonyl (C=O) groups excluding carboxylic acids is 1. The zero-order valence-electron chi connectivity index (χ0n) is 9.87. The van der Waals surface area contributed by atoms with Gasteiger partial charge < -0.3 is 10.3 Å². The Bertz CT molecular complexity index is 527. The number of nitrogens with zero attached hydrogens (tertiary/aromatic N) is 4. The Morgan fingerprint density at radius 3 is 2.94 bits per heavy atom. The van der Waals surface area contributed by atoms with Crippen molar-refractivity contribution in [1.29, 1.82) is 0 Å². The second-order valence-corrected chi connectivity index (χ2v) is 3.83. The Labute approximate surface area is 99.1 Å². The van der Waals surface area contributed by atoms with E-state index in [1.165, 1.54) is 0 Å². The highest BCUT2D eigenvalue weighted by Crippen LogP contribution is 2.14. The van der Waals surface area contributed by atoms with E-state index < -0.39 is 6.04 Å². The molecule has 0 bridgehead atoms. The van der Waals surface area contributed by atoms with E-state index in [9.17, 15) is 4.79 Å². The first-order valence-corrected chi connectivity index (χ1v) is 5.43. The van der Waals surface area contributed by atoms with Crippen molar-refractivity contribution in [1.82, 2.24) is 19.3 Å². The average molecular weight is 233 g/mol. The Morgan fingerprint density at radius 1 is 1.59 bits per heavy atom. The van der Waals surface area contributed by atoms with Gasteiger partial charge in [0.05, 0.1) is 6.20 Å². The highest BCUT2D eigenvalue weighted by atomic mass is 16.1. The van der Waals surface area contributed by atoms with Gasteiger partial charge in [-0.3, -0.25) is 9.48 Å². The van der Waals surface area contributed by atoms with E-state index in [0.717, 1.165) is 0 Å². The molecular weight excluding hydrogens is 218 g/mol. The van der Waals surface area contributed by atoms with Gasteiger partial charge in [-0.15, -0.1) is 0 Å². The molecule has 2 heterocycles. The zero-order valence-corrected chi connectivity index (χ0v) is 9.87. The fourth-order valence-corrected chi connectivity index (χ4v) is 1.68. The monoisotopic (exact) mass is 233 g/mol. The van der Waals surface area contributed by atoms with Crippen LogP contribution in [0.1, 0.15) is 29.1 Å². The zero-order chi connectivity index (χ0) is 12.4. The minimum absolute atomic E-state index is 0.190. The average Bonchev–Trinajstić information content (AvgIpc) is 2.95. The van der Waals surface area contributed by atoms with Crippen molar-refractivity contribution in [3.8, 4) is 0 Å². The van der Waals surface area contributed by atoms with Gasteiger partial charge >= 0.3 is 0 Å². The summed E-state index contributed by atoms with van der Waals surface area (Å²) in [6.45, 7) is 2.65. The number of hydrogen-bond donors (Lipinski definition) is 1. The molecule has 0 amide bonds. The number of imidazole rings is 1. The summed E-state index contributed by atoms with van der Waals surface area (Å²) >= 11 is 0. The number of rotatable bonds is 4. The minimum Gasteiger partial charge on any atom is -0.329 e. The quantitative estimate of drug-likeness (QED) is 0.781. The Kier molecular flexibility index (Phi) is 3.06. The molecular formula is C11H15N5O. The fraction of sp³-hybridized carbons (Fsp3) is 0.364. The van der Waals surface area contributed by atoms with Crippen molar-refractivity contribution >= 4 is 5.78 Å². The van der Waals surface area contributed by atoms with Gasteiger partial charge in [0.15, 0.2) is 5.82 Å². The first-order chi connectivity index (χ1) is 8.13. The standard InChI is InChI=1S/C11H15N5O/c1-3-16-5-4-13-11(16)10(17)9(12)8-6-14-15(2)7-8/h4-7,9H,3,12H2,1-2H3. The van der Waals surface area contributed by atoms with Crippen molar-refractivity contribution in [3.05, 3.63) is 36.2 Å². The van der Waals surface area contributed by atoms with E-state index in [1.54, 1.807) is 41.1 Å². The number of nitrogens with two attached hydrogens (primary N) is 1. The SMILES string of the molecule is CCn1ccnc1C(=O)C(N)c1cnn(C)c1. The molecule has 6 nitrogen and oxygen atoms in total. The summed E-state index contributed by atoms with van der Waals surface area (Å²) in [6, 6.07) is -0.712. The van der Waals surface area contributed by atoms with Crippen molar-refractivity contribution in [3.63, 3.8) is 0 Å². The molecule has 6 heteroatoms. The van der Waals surface area contributed by atoms with Crippen molar-refractivity contribution in [2.24, 2.45) is 12.8 Å². The highest BCUT2D eigenvalue weighted by molar-refractivity contribution is 5.97. The number of Topliss-reactive ketones (excluding diaryl/α,β-unsaturated/α-hetero) is 1. The third-order valence-corrected chi connectivity index (χ3v) is 2.64. The van der Waals surface area contributed by atoms with Crippen LogP contribution in [0.2, 0.25) is 0 Å². The van der Waals surface area contributed by atoms with Crippen LogP contribution in [0.3, 0.4) is 0 Å². The predicted octanol–water partition coefficient (Wildman–Crippen LogP) is 0.519. The molecule has 2 rings (SSSR count). The molecule has 0 aliphatic carbocycles. The summed E-state index contributed by atoms with van der Waals surface area (Å²) in [6.07, 6.45) is 6.71. The van der Waals surface area contributed by atoms with Crippen LogP contribution in [0, 0.1) is 0 Å². The second-order valence-electron chi connectivity index (χ2n) is 3.83. The maximum absolute atomic E-state index is 12.1. The first kappa shape index (κ1) is 11.5. The molecule has 2 N–H and O–H groups in total. The van der Waals surface area contributed by atoms with E-state index in [4.69, 9.17) is 5.73 Å². The van der Waals surface area contributed by atoms with E-state index in [2.05, 4.69) is 10.1 Å². The van der Waals surface area contributed by atoms with Gasteiger partial charge in [-0.2, -0.15) is 5.10 Å². The maximum Gasteiger partial charge on any atom is 0.219 e. The molecule has 0 radical (unpaired) electrons. The third kappa shape index (κ3) is 2.12. The number of hydrogen-bond acceptors (Lipinski definition) is 4. The van der Waals surface area contributed by atoms with Crippen LogP contribution < -0.4 is 5.73 Å². The smallest absolute Gasteiger partial charge is 0.219 e. The topological polar surface area (TPSA) is 78.7 Å². The molecule has 0 saturated carbocycles. The first-order valence-electron chi connectivity index (χ1n) is 5.43. The number of ketones is 1. The summed E-state index contributed by atoms with van der Waals surface area (Å²) in [7, 11) is 1.79. The summed E-state index contributed by atoms with van der Waals surface area (Å²) in [5.74, 6) is 0.203. The third-order valence-electron chi connectivity index (χ3n) is 2.64. The Hall–Kier alpha value is -1.95. The van der Waals surface area contributed by atoms with E-state index >= 15 is 0 Å². The molecule has 0 spiro atoms. The number of aryl methyl sites for hydroxylation is 2. The van der Waals surface area contributed by atoms with Gasteiger partial charge in [0.1, 0.15) is 6.04 Å². The van der Waals surface area contributed by atoms with Crippen LogP contribution >= 0.6 is 0 Å². The number of carbonyl (C=O) groups is 1. The van der Waals surface area contributed by atoms with Crippen molar-refractivity contribution in [2.45, 2.75) is 19.5 Å². The number of aromatic nitrogens is 4. The lowest BCUT2D eigenvalue weighted by Crippen LogP contribution is -2.24. The molecule has 1 atom stereocenters. The van der Waals surface area contributed by atoms with Gasteiger partial charge in [-0.05, 0) is 6.92 Å². The summed E-state index contributed by atoms with van der Waals surface area (Å²) in [5, 5.41) is 4.00. The van der Waals surface area contributed by atoms with Crippen LogP contribution in [0.15, 0.2) is 24.8 Å². The lowest BCUT2D eigenvalue weighted by Gasteiger charge is -2.09. The molecule has 0 aliphatic heterocycles. The minimum atomic E-state index is -0.712. The fourth-order valence-electron chi connectivity index (χ4n) is 1.68. The molecule has 0 fully saturated rings. The molecule has 0 aromatic carbocycles. The highest BCUT2D eigenvalue weighted by Gasteiger charge is 2.22. The molecule has 2 aromatic rings. The van der Waals surface area contributed by atoms with E-state index in [-0.39, 0.29) is 5.78 Å². The lowest BCUT2D eigenvalue weighted by molar-refractivity contribution is 0.0947. The van der Waals surface area contributed by atoms with E-state index in [0.29, 0.717) is 17.9 Å². The molecule has 0 aliphatic rings. The molecule has 2 aromatic heterocycles. The molecule has 0 saturated heterocycles. The van der Waals surface area contributed by atoms with Crippen LogP contribution in [0.5, 0.6) is 0 Å². The molecule has 90 valence electrons. The van der Waals surface area contributed by atoms with Crippen molar-refractivity contribution < 1.29 is 4.79 Å². The van der Waals surface area contributed by atoms with Gasteiger partial charge in [0.2, 0.25) is 5.78 Å². The molecule has 17 heavy (non-hydrogen) atoms.